The zero-order chi connectivity index (χ0) is 24.4. The van der Waals surface area contributed by atoms with Gasteiger partial charge in [-0.3, -0.25) is 9.59 Å². The summed E-state index contributed by atoms with van der Waals surface area (Å²) < 4.78 is 11.5. The number of hydrogen-bond donors (Lipinski definition) is 1. The fourth-order valence-electron chi connectivity index (χ4n) is 8.53. The molecule has 3 unspecified atom stereocenters. The van der Waals surface area contributed by atoms with Crippen molar-refractivity contribution in [1.82, 2.24) is 10.2 Å². The Morgan fingerprint density at radius 2 is 1.86 bits per heavy atom. The lowest BCUT2D eigenvalue weighted by Gasteiger charge is -2.66. The Kier molecular flexibility index (Phi) is 5.57. The van der Waals surface area contributed by atoms with E-state index in [0.29, 0.717) is 17.8 Å². The van der Waals surface area contributed by atoms with Gasteiger partial charge in [0.05, 0.1) is 16.9 Å². The first-order chi connectivity index (χ1) is 16.9. The van der Waals surface area contributed by atoms with E-state index in [0.717, 1.165) is 62.1 Å². The number of nitrogens with one attached hydrogen (secondary N) is 1. The van der Waals surface area contributed by atoms with Crippen molar-refractivity contribution < 1.29 is 19.1 Å². The first-order valence-corrected chi connectivity index (χ1v) is 13.9. The monoisotopic (exact) mass is 480 g/mol. The van der Waals surface area contributed by atoms with E-state index in [1.165, 1.54) is 19.3 Å². The Labute approximate surface area is 209 Å². The maximum absolute atomic E-state index is 13.6. The minimum absolute atomic E-state index is 0.0162. The number of carbonyl (C=O) groups is 2. The molecule has 0 spiro atoms. The van der Waals surface area contributed by atoms with E-state index in [9.17, 15) is 9.59 Å². The topological polar surface area (TPSA) is 67.9 Å². The van der Waals surface area contributed by atoms with Gasteiger partial charge in [0.25, 0.3) is 0 Å². The van der Waals surface area contributed by atoms with Gasteiger partial charge in [0.1, 0.15) is 0 Å². The van der Waals surface area contributed by atoms with Gasteiger partial charge in [-0.1, -0.05) is 38.3 Å². The molecule has 2 heterocycles. The number of para-hydroxylation sites is 1. The fourth-order valence-corrected chi connectivity index (χ4v) is 8.53. The van der Waals surface area contributed by atoms with Crippen LogP contribution in [0.15, 0.2) is 18.2 Å². The number of carbonyl (C=O) groups excluding carboxylic acids is 2. The molecule has 4 bridgehead atoms. The van der Waals surface area contributed by atoms with Crippen molar-refractivity contribution in [3.8, 4) is 11.5 Å². The van der Waals surface area contributed by atoms with Gasteiger partial charge < -0.3 is 19.7 Å². The molecule has 0 aromatic heterocycles. The first-order valence-electron chi connectivity index (χ1n) is 13.9. The lowest BCUT2D eigenvalue weighted by Crippen LogP contribution is -2.71. The third-order valence-electron chi connectivity index (χ3n) is 9.81. The van der Waals surface area contributed by atoms with E-state index in [-0.39, 0.29) is 36.1 Å². The van der Waals surface area contributed by atoms with Crippen LogP contribution < -0.4 is 14.8 Å². The predicted molar refractivity (Wildman–Crippen MR) is 133 cm³/mol. The molecule has 6 nitrogen and oxygen atoms in total. The van der Waals surface area contributed by atoms with Gasteiger partial charge in [0, 0.05) is 18.2 Å². The predicted octanol–water partition coefficient (Wildman–Crippen LogP) is 5.22. The van der Waals surface area contributed by atoms with Gasteiger partial charge in [0.15, 0.2) is 11.5 Å². The molecular formula is C29H40N2O4. The highest BCUT2D eigenvalue weighted by molar-refractivity contribution is 5.91. The Balaban J connectivity index is 1.23. The second-order valence-electron chi connectivity index (χ2n) is 12.5. The van der Waals surface area contributed by atoms with Gasteiger partial charge in [-0.15, -0.1) is 0 Å². The standard InChI is InChI=1S/C29H40N2O4/c1-4-5-6-7-11-30-26(32)29-14-18-12-19(15-29)23(20(13-18)16-29)31-25(28(2,3)27(31)33)21-9-8-10-22-24(21)35-17-34-22/h8-10,18-20,23,25H,4-7,11-17H2,1-3H3,(H,30,32). The van der Waals surface area contributed by atoms with Gasteiger partial charge >= 0.3 is 0 Å². The number of amides is 2. The summed E-state index contributed by atoms with van der Waals surface area (Å²) in [6, 6.07) is 6.26. The van der Waals surface area contributed by atoms with Crippen LogP contribution >= 0.6 is 0 Å². The van der Waals surface area contributed by atoms with E-state index in [1.807, 2.05) is 12.1 Å². The lowest BCUT2D eigenvalue weighted by atomic mass is 9.46. The number of fused-ring (bicyclic) bond motifs is 1. The number of hydrogen-bond acceptors (Lipinski definition) is 4. The van der Waals surface area contributed by atoms with Crippen LogP contribution in [0, 0.1) is 28.6 Å². The second-order valence-corrected chi connectivity index (χ2v) is 12.5. The summed E-state index contributed by atoms with van der Waals surface area (Å²) >= 11 is 0. The minimum Gasteiger partial charge on any atom is -0.454 e. The summed E-state index contributed by atoms with van der Waals surface area (Å²) in [5.74, 6) is 3.53. The van der Waals surface area contributed by atoms with Crippen LogP contribution in [0.1, 0.15) is 90.2 Å². The van der Waals surface area contributed by atoms with Crippen molar-refractivity contribution in [3.63, 3.8) is 0 Å². The van der Waals surface area contributed by atoms with Crippen molar-refractivity contribution in [2.45, 2.75) is 90.6 Å². The minimum atomic E-state index is -0.469. The van der Waals surface area contributed by atoms with E-state index in [1.54, 1.807) is 0 Å². The molecule has 2 aliphatic heterocycles. The van der Waals surface area contributed by atoms with E-state index < -0.39 is 5.41 Å². The molecule has 4 saturated carbocycles. The van der Waals surface area contributed by atoms with Crippen molar-refractivity contribution in [1.29, 1.82) is 0 Å². The molecule has 190 valence electrons. The molecule has 1 aromatic rings. The van der Waals surface area contributed by atoms with Crippen LogP contribution in [0.5, 0.6) is 11.5 Å². The summed E-state index contributed by atoms with van der Waals surface area (Å²) in [6.45, 7) is 7.38. The average Bonchev–Trinajstić information content (AvgIpc) is 3.32. The lowest BCUT2D eigenvalue weighted by molar-refractivity contribution is -0.199. The number of rotatable bonds is 8. The van der Waals surface area contributed by atoms with E-state index >= 15 is 0 Å². The van der Waals surface area contributed by atoms with Crippen LogP contribution in [0.3, 0.4) is 0 Å². The first kappa shape index (κ1) is 23.2. The Hall–Kier alpha value is -2.24. The van der Waals surface area contributed by atoms with Crippen molar-refractivity contribution in [2.75, 3.05) is 13.3 Å². The summed E-state index contributed by atoms with van der Waals surface area (Å²) in [5.41, 5.74) is 0.378. The largest absolute Gasteiger partial charge is 0.454 e. The van der Waals surface area contributed by atoms with Crippen LogP contribution in [-0.2, 0) is 9.59 Å². The van der Waals surface area contributed by atoms with Gasteiger partial charge in [-0.2, -0.15) is 0 Å². The molecule has 5 fully saturated rings. The molecule has 4 aliphatic carbocycles. The highest BCUT2D eigenvalue weighted by Crippen LogP contribution is 2.65. The van der Waals surface area contributed by atoms with Gasteiger partial charge in [-0.25, -0.2) is 0 Å². The van der Waals surface area contributed by atoms with Crippen molar-refractivity contribution in [2.24, 2.45) is 28.6 Å². The number of β-lactam (4-membered cyclic amide) rings is 1. The summed E-state index contributed by atoms with van der Waals surface area (Å²) in [7, 11) is 0. The Bertz CT molecular complexity index is 1000. The Morgan fingerprint density at radius 1 is 1.09 bits per heavy atom. The number of unbranched alkanes of at least 4 members (excludes halogenated alkanes) is 3. The molecule has 1 aromatic carbocycles. The zero-order valence-corrected chi connectivity index (χ0v) is 21.5. The molecule has 6 heteroatoms. The van der Waals surface area contributed by atoms with Gasteiger partial charge in [-0.05, 0) is 76.2 Å². The molecule has 0 radical (unpaired) electrons. The third kappa shape index (κ3) is 3.49. The third-order valence-corrected chi connectivity index (χ3v) is 9.81. The van der Waals surface area contributed by atoms with E-state index in [4.69, 9.17) is 9.47 Å². The summed E-state index contributed by atoms with van der Waals surface area (Å²) in [5, 5.41) is 3.31. The molecule has 1 saturated heterocycles. The molecular weight excluding hydrogens is 440 g/mol. The quantitative estimate of drug-likeness (QED) is 0.409. The highest BCUT2D eigenvalue weighted by Gasteiger charge is 2.66. The molecule has 6 aliphatic rings. The maximum atomic E-state index is 13.6. The summed E-state index contributed by atoms with van der Waals surface area (Å²) in [4.78, 5) is 29.2. The number of benzene rings is 1. The molecule has 35 heavy (non-hydrogen) atoms. The average molecular weight is 481 g/mol. The number of likely N-dealkylation sites (tertiary alicyclic amines) is 1. The summed E-state index contributed by atoms with van der Waals surface area (Å²) in [6.07, 6.45) is 9.89. The van der Waals surface area contributed by atoms with Crippen LogP contribution in [0.4, 0.5) is 0 Å². The van der Waals surface area contributed by atoms with Crippen molar-refractivity contribution in [3.05, 3.63) is 23.8 Å². The smallest absolute Gasteiger partial charge is 0.231 e. The van der Waals surface area contributed by atoms with Gasteiger partial charge in [0.2, 0.25) is 18.6 Å². The normalized spacial score (nSPS) is 35.8. The highest BCUT2D eigenvalue weighted by atomic mass is 16.7. The molecule has 1 N–H and O–H groups in total. The molecule has 7 rings (SSSR count). The second kappa shape index (κ2) is 8.41. The van der Waals surface area contributed by atoms with Crippen LogP contribution in [-0.4, -0.2) is 36.1 Å². The van der Waals surface area contributed by atoms with Crippen LogP contribution in [0.2, 0.25) is 0 Å². The molecule has 3 atom stereocenters. The molecule has 2 amide bonds. The number of ether oxygens (including phenoxy) is 2. The van der Waals surface area contributed by atoms with E-state index in [2.05, 4.69) is 37.1 Å². The fraction of sp³-hybridized carbons (Fsp3) is 0.724. The SMILES string of the molecule is CCCCCCNC(=O)C12CC3CC(C1)C(N1C(=O)C(C)(C)C1c1cccc4c1OCO4)C(C3)C2. The van der Waals surface area contributed by atoms with Crippen LogP contribution in [0.25, 0.3) is 0 Å². The van der Waals surface area contributed by atoms with Crippen molar-refractivity contribution >= 4 is 11.8 Å². The zero-order valence-electron chi connectivity index (χ0n) is 21.5. The maximum Gasteiger partial charge on any atom is 0.231 e. The Morgan fingerprint density at radius 3 is 2.60 bits per heavy atom. The number of nitrogens with zero attached hydrogens (tertiary/aromatic N) is 1.